The molecule has 1 aromatic carbocycles. The van der Waals surface area contributed by atoms with Gasteiger partial charge in [-0.05, 0) is 24.3 Å². The summed E-state index contributed by atoms with van der Waals surface area (Å²) in [5.74, 6) is 2.50. The average Bonchev–Trinajstić information content (AvgIpc) is 1.90. The molecule has 0 aliphatic rings. The van der Waals surface area contributed by atoms with Crippen molar-refractivity contribution in [2.45, 2.75) is 0 Å². The second kappa shape index (κ2) is 4.38. The Hall–Kier alpha value is -0.450. The van der Waals surface area contributed by atoms with Gasteiger partial charge in [-0.3, -0.25) is 0 Å². The Kier molecular flexibility index (Phi) is 4.18. The molecule has 0 heterocycles. The molecule has 1 aromatic rings. The molecule has 0 radical (unpaired) electrons. The van der Waals surface area contributed by atoms with E-state index in [0.717, 1.165) is 5.56 Å². The molecular weight excluding hydrogens is 211 g/mol. The Bertz CT molecular complexity index is 232. The van der Waals surface area contributed by atoms with Crippen LogP contribution in [0, 0.1) is 12.3 Å². The molecular formula is C8H6BrCl. The van der Waals surface area contributed by atoms with Gasteiger partial charge in [0.15, 0.2) is 0 Å². The highest BCUT2D eigenvalue weighted by Crippen LogP contribution is 2.07. The van der Waals surface area contributed by atoms with Gasteiger partial charge in [-0.1, -0.05) is 17.5 Å². The zero-order valence-corrected chi connectivity index (χ0v) is 7.64. The molecule has 0 spiro atoms. The Morgan fingerprint density at radius 3 is 2.10 bits per heavy atom. The first kappa shape index (κ1) is 9.55. The summed E-state index contributed by atoms with van der Waals surface area (Å²) in [5.41, 5.74) is 0.861. The molecule has 1 rings (SSSR count). The lowest BCUT2D eigenvalue weighted by Gasteiger charge is -1.87. The topological polar surface area (TPSA) is 0 Å². The van der Waals surface area contributed by atoms with E-state index < -0.39 is 0 Å². The van der Waals surface area contributed by atoms with Crippen LogP contribution in [-0.2, 0) is 0 Å². The molecule has 0 aliphatic heterocycles. The van der Waals surface area contributed by atoms with Crippen molar-refractivity contribution in [1.82, 2.24) is 0 Å². The zero-order chi connectivity index (χ0) is 6.69. The van der Waals surface area contributed by atoms with Crippen molar-refractivity contribution in [1.29, 1.82) is 0 Å². The monoisotopic (exact) mass is 216 g/mol. The summed E-state index contributed by atoms with van der Waals surface area (Å²) in [6.07, 6.45) is 5.11. The highest BCUT2D eigenvalue weighted by molar-refractivity contribution is 8.93. The van der Waals surface area contributed by atoms with Crippen molar-refractivity contribution in [3.05, 3.63) is 34.9 Å². The SMILES string of the molecule is Br.C#Cc1ccc(Cl)cc1. The number of benzene rings is 1. The van der Waals surface area contributed by atoms with E-state index in [1.807, 2.05) is 12.1 Å². The van der Waals surface area contributed by atoms with Crippen molar-refractivity contribution in [3.63, 3.8) is 0 Å². The molecule has 0 unspecified atom stereocenters. The highest BCUT2D eigenvalue weighted by Gasteiger charge is 1.84. The molecule has 0 N–H and O–H groups in total. The number of rotatable bonds is 0. The second-order valence-electron chi connectivity index (χ2n) is 1.65. The van der Waals surface area contributed by atoms with Crippen LogP contribution >= 0.6 is 28.6 Å². The van der Waals surface area contributed by atoms with Crippen molar-refractivity contribution in [2.24, 2.45) is 0 Å². The van der Waals surface area contributed by atoms with E-state index in [1.54, 1.807) is 12.1 Å². The number of hydrogen-bond acceptors (Lipinski definition) is 0. The minimum Gasteiger partial charge on any atom is -0.115 e. The molecule has 0 aromatic heterocycles. The summed E-state index contributed by atoms with van der Waals surface area (Å²) < 4.78 is 0. The third-order valence-corrected chi connectivity index (χ3v) is 1.26. The van der Waals surface area contributed by atoms with Crippen LogP contribution in [0.3, 0.4) is 0 Å². The zero-order valence-electron chi connectivity index (χ0n) is 5.17. The Morgan fingerprint density at radius 1 is 1.20 bits per heavy atom. The van der Waals surface area contributed by atoms with Crippen LogP contribution in [0.5, 0.6) is 0 Å². The Balaban J connectivity index is 0.000000810. The van der Waals surface area contributed by atoms with Crippen molar-refractivity contribution >= 4 is 28.6 Å². The fraction of sp³-hybridized carbons (Fsp3) is 0. The average molecular weight is 217 g/mol. The van der Waals surface area contributed by atoms with Gasteiger partial charge >= 0.3 is 0 Å². The summed E-state index contributed by atoms with van der Waals surface area (Å²) in [4.78, 5) is 0. The van der Waals surface area contributed by atoms with Crippen LogP contribution in [0.2, 0.25) is 5.02 Å². The maximum Gasteiger partial charge on any atom is 0.0406 e. The summed E-state index contributed by atoms with van der Waals surface area (Å²) in [5, 5.41) is 0.717. The first-order valence-electron chi connectivity index (χ1n) is 2.55. The fourth-order valence-corrected chi connectivity index (χ4v) is 0.672. The minimum absolute atomic E-state index is 0. The van der Waals surface area contributed by atoms with Crippen LogP contribution in [-0.4, -0.2) is 0 Å². The summed E-state index contributed by atoms with van der Waals surface area (Å²) in [7, 11) is 0. The molecule has 0 fully saturated rings. The van der Waals surface area contributed by atoms with Gasteiger partial charge in [-0.2, -0.15) is 0 Å². The Labute approximate surface area is 76.0 Å². The van der Waals surface area contributed by atoms with Gasteiger partial charge in [-0.25, -0.2) is 0 Å². The maximum atomic E-state index is 5.60. The van der Waals surface area contributed by atoms with Gasteiger partial charge in [0, 0.05) is 10.6 Å². The summed E-state index contributed by atoms with van der Waals surface area (Å²) in [6.45, 7) is 0. The smallest absolute Gasteiger partial charge is 0.0406 e. The Morgan fingerprint density at radius 2 is 1.70 bits per heavy atom. The molecule has 0 bridgehead atoms. The third kappa shape index (κ3) is 2.43. The summed E-state index contributed by atoms with van der Waals surface area (Å²) >= 11 is 5.60. The molecule has 0 aliphatic carbocycles. The number of halogens is 2. The van der Waals surface area contributed by atoms with E-state index in [9.17, 15) is 0 Å². The van der Waals surface area contributed by atoms with Gasteiger partial charge in [0.25, 0.3) is 0 Å². The van der Waals surface area contributed by atoms with E-state index in [-0.39, 0.29) is 17.0 Å². The van der Waals surface area contributed by atoms with E-state index in [2.05, 4.69) is 5.92 Å². The standard InChI is InChI=1S/C8H5Cl.BrH/c1-2-7-3-5-8(9)6-4-7;/h1,3-6H;1H. The minimum atomic E-state index is 0. The normalized spacial score (nSPS) is 7.60. The molecule has 2 heteroatoms. The second-order valence-corrected chi connectivity index (χ2v) is 2.09. The van der Waals surface area contributed by atoms with Gasteiger partial charge < -0.3 is 0 Å². The third-order valence-electron chi connectivity index (χ3n) is 1.01. The van der Waals surface area contributed by atoms with Crippen LogP contribution < -0.4 is 0 Å². The van der Waals surface area contributed by atoms with Crippen LogP contribution in [0.4, 0.5) is 0 Å². The van der Waals surface area contributed by atoms with E-state index in [1.165, 1.54) is 0 Å². The molecule has 0 saturated heterocycles. The van der Waals surface area contributed by atoms with E-state index in [4.69, 9.17) is 18.0 Å². The first-order chi connectivity index (χ1) is 4.33. The van der Waals surface area contributed by atoms with Crippen LogP contribution in [0.15, 0.2) is 24.3 Å². The van der Waals surface area contributed by atoms with Crippen LogP contribution in [0.25, 0.3) is 0 Å². The number of hydrogen-bond donors (Lipinski definition) is 0. The quantitative estimate of drug-likeness (QED) is 0.586. The van der Waals surface area contributed by atoms with E-state index >= 15 is 0 Å². The molecule has 0 nitrogen and oxygen atoms in total. The lowest BCUT2D eigenvalue weighted by atomic mass is 10.2. The van der Waals surface area contributed by atoms with Gasteiger partial charge in [0.2, 0.25) is 0 Å². The highest BCUT2D eigenvalue weighted by atomic mass is 79.9. The number of terminal acetylenes is 1. The first-order valence-corrected chi connectivity index (χ1v) is 2.93. The molecule has 0 amide bonds. The van der Waals surface area contributed by atoms with Gasteiger partial charge in [-0.15, -0.1) is 23.4 Å². The maximum absolute atomic E-state index is 5.60. The lowest BCUT2D eigenvalue weighted by molar-refractivity contribution is 1.65. The van der Waals surface area contributed by atoms with Crippen LogP contribution in [0.1, 0.15) is 5.56 Å². The van der Waals surface area contributed by atoms with Gasteiger partial charge in [0.1, 0.15) is 0 Å². The van der Waals surface area contributed by atoms with E-state index in [0.29, 0.717) is 5.02 Å². The van der Waals surface area contributed by atoms with Gasteiger partial charge in [0.05, 0.1) is 0 Å². The fourth-order valence-electron chi connectivity index (χ4n) is 0.546. The molecule has 10 heavy (non-hydrogen) atoms. The molecule has 0 saturated carbocycles. The largest absolute Gasteiger partial charge is 0.115 e. The summed E-state index contributed by atoms with van der Waals surface area (Å²) in [6, 6.07) is 7.16. The van der Waals surface area contributed by atoms with Crippen molar-refractivity contribution in [2.75, 3.05) is 0 Å². The molecule has 0 atom stereocenters. The lowest BCUT2D eigenvalue weighted by Crippen LogP contribution is -1.69. The predicted octanol–water partition coefficient (Wildman–Crippen LogP) is 2.90. The predicted molar refractivity (Wildman–Crippen MR) is 49.7 cm³/mol. The van der Waals surface area contributed by atoms with Crippen molar-refractivity contribution in [3.8, 4) is 12.3 Å². The molecule has 52 valence electrons. The van der Waals surface area contributed by atoms with Crippen molar-refractivity contribution < 1.29 is 0 Å².